The molecule has 0 aliphatic heterocycles. The van der Waals surface area contributed by atoms with Crippen LogP contribution >= 0.6 is 0 Å². The van der Waals surface area contributed by atoms with Crippen LogP contribution in [0.15, 0.2) is 54.6 Å². The molecule has 0 spiro atoms. The van der Waals surface area contributed by atoms with E-state index in [1.807, 2.05) is 36.4 Å². The van der Waals surface area contributed by atoms with Crippen LogP contribution in [0.5, 0.6) is 0 Å². The predicted octanol–water partition coefficient (Wildman–Crippen LogP) is 3.15. The summed E-state index contributed by atoms with van der Waals surface area (Å²) >= 11 is 0. The molecule has 0 heterocycles. The Morgan fingerprint density at radius 2 is 1.65 bits per heavy atom. The second-order valence-corrected chi connectivity index (χ2v) is 4.14. The van der Waals surface area contributed by atoms with Crippen molar-refractivity contribution in [3.8, 4) is 11.1 Å². The summed E-state index contributed by atoms with van der Waals surface area (Å²) in [5.41, 5.74) is 3.40. The van der Waals surface area contributed by atoms with Crippen molar-refractivity contribution in [1.29, 1.82) is 0 Å². The molecule has 2 aromatic carbocycles. The van der Waals surface area contributed by atoms with Gasteiger partial charge in [-0.3, -0.25) is 0 Å². The summed E-state index contributed by atoms with van der Waals surface area (Å²) in [6, 6.07) is 18.4. The highest BCUT2D eigenvalue weighted by Gasteiger charge is 2.04. The van der Waals surface area contributed by atoms with Crippen LogP contribution in [0.3, 0.4) is 0 Å². The van der Waals surface area contributed by atoms with E-state index in [9.17, 15) is 5.11 Å². The van der Waals surface area contributed by atoms with Crippen molar-refractivity contribution < 1.29 is 5.11 Å². The molecule has 0 amide bonds. The molecule has 2 aromatic rings. The van der Waals surface area contributed by atoms with E-state index in [4.69, 9.17) is 0 Å². The molecule has 17 heavy (non-hydrogen) atoms. The molecule has 0 bridgehead atoms. The number of nitrogens with one attached hydrogen (secondary N) is 1. The highest BCUT2D eigenvalue weighted by molar-refractivity contribution is 5.77. The van der Waals surface area contributed by atoms with E-state index in [1.165, 1.54) is 5.56 Å². The minimum atomic E-state index is -0.348. The molecule has 2 heteroatoms. The van der Waals surface area contributed by atoms with E-state index in [0.29, 0.717) is 6.54 Å². The van der Waals surface area contributed by atoms with Crippen LogP contribution in [0.2, 0.25) is 0 Å². The highest BCUT2D eigenvalue weighted by Crippen LogP contribution is 2.27. The van der Waals surface area contributed by atoms with Gasteiger partial charge in [-0.05, 0) is 18.6 Å². The maximum atomic E-state index is 9.31. The molecule has 0 saturated carbocycles. The fourth-order valence-corrected chi connectivity index (χ4v) is 1.76. The molecule has 0 fully saturated rings. The van der Waals surface area contributed by atoms with Gasteiger partial charge in [-0.2, -0.15) is 0 Å². The number of aliphatic hydroxyl groups excluding tert-OH is 1. The molecule has 0 aromatic heterocycles. The molecule has 1 atom stereocenters. The first-order chi connectivity index (χ1) is 8.27. The van der Waals surface area contributed by atoms with Crippen LogP contribution < -0.4 is 5.32 Å². The second-order valence-electron chi connectivity index (χ2n) is 4.14. The monoisotopic (exact) mass is 227 g/mol. The molecule has 88 valence electrons. The number of hydrogen-bond acceptors (Lipinski definition) is 2. The van der Waals surface area contributed by atoms with Crippen molar-refractivity contribution in [2.24, 2.45) is 0 Å². The Morgan fingerprint density at radius 3 is 2.35 bits per heavy atom. The van der Waals surface area contributed by atoms with Crippen LogP contribution in [0.25, 0.3) is 11.1 Å². The number of benzene rings is 2. The Balaban J connectivity index is 2.28. The van der Waals surface area contributed by atoms with Crippen molar-refractivity contribution in [2.75, 3.05) is 11.9 Å². The van der Waals surface area contributed by atoms with Gasteiger partial charge in [-0.25, -0.2) is 0 Å². The number of hydrogen-bond donors (Lipinski definition) is 2. The maximum absolute atomic E-state index is 9.31. The zero-order chi connectivity index (χ0) is 12.1. The first-order valence-corrected chi connectivity index (χ1v) is 5.84. The van der Waals surface area contributed by atoms with Gasteiger partial charge < -0.3 is 10.4 Å². The van der Waals surface area contributed by atoms with Gasteiger partial charge >= 0.3 is 0 Å². The third-order valence-corrected chi connectivity index (χ3v) is 2.60. The lowest BCUT2D eigenvalue weighted by molar-refractivity contribution is 0.208. The first kappa shape index (κ1) is 11.7. The largest absolute Gasteiger partial charge is 0.392 e. The fourth-order valence-electron chi connectivity index (χ4n) is 1.76. The summed E-state index contributed by atoms with van der Waals surface area (Å²) in [5.74, 6) is 0. The van der Waals surface area contributed by atoms with Crippen LogP contribution in [-0.4, -0.2) is 17.8 Å². The minimum absolute atomic E-state index is 0.348. The van der Waals surface area contributed by atoms with Crippen molar-refractivity contribution in [2.45, 2.75) is 13.0 Å². The molecule has 0 aliphatic rings. The maximum Gasteiger partial charge on any atom is 0.0684 e. The van der Waals surface area contributed by atoms with Crippen molar-refractivity contribution in [3.63, 3.8) is 0 Å². The lowest BCUT2D eigenvalue weighted by atomic mass is 10.0. The van der Waals surface area contributed by atoms with E-state index in [-0.39, 0.29) is 6.10 Å². The molecule has 2 N–H and O–H groups in total. The van der Waals surface area contributed by atoms with Crippen molar-refractivity contribution in [1.82, 2.24) is 0 Å². The number of aliphatic hydroxyl groups is 1. The molecule has 1 unspecified atom stereocenters. The van der Waals surface area contributed by atoms with Gasteiger partial charge in [-0.1, -0.05) is 48.5 Å². The normalized spacial score (nSPS) is 12.1. The van der Waals surface area contributed by atoms with Crippen LogP contribution in [0, 0.1) is 0 Å². The van der Waals surface area contributed by atoms with Gasteiger partial charge in [0.2, 0.25) is 0 Å². The fraction of sp³-hybridized carbons (Fsp3) is 0.200. The van der Waals surface area contributed by atoms with E-state index < -0.39 is 0 Å². The molecule has 0 saturated heterocycles. The lowest BCUT2D eigenvalue weighted by Gasteiger charge is -2.13. The molecular formula is C15H17NO. The third-order valence-electron chi connectivity index (χ3n) is 2.60. The summed E-state index contributed by atoms with van der Waals surface area (Å²) in [4.78, 5) is 0. The third kappa shape index (κ3) is 3.08. The van der Waals surface area contributed by atoms with Crippen LogP contribution in [-0.2, 0) is 0 Å². The summed E-state index contributed by atoms with van der Waals surface area (Å²) < 4.78 is 0. The van der Waals surface area contributed by atoms with Crippen LogP contribution in [0.4, 0.5) is 5.69 Å². The van der Waals surface area contributed by atoms with Gasteiger partial charge in [0, 0.05) is 17.8 Å². The van der Waals surface area contributed by atoms with E-state index in [1.54, 1.807) is 6.92 Å². The average Bonchev–Trinajstić information content (AvgIpc) is 2.38. The molecular weight excluding hydrogens is 210 g/mol. The summed E-state index contributed by atoms with van der Waals surface area (Å²) in [6.07, 6.45) is -0.348. The Kier molecular flexibility index (Phi) is 3.78. The second kappa shape index (κ2) is 5.51. The average molecular weight is 227 g/mol. The Hall–Kier alpha value is -1.80. The zero-order valence-corrected chi connectivity index (χ0v) is 9.93. The highest BCUT2D eigenvalue weighted by atomic mass is 16.3. The quantitative estimate of drug-likeness (QED) is 0.841. The van der Waals surface area contributed by atoms with Crippen LogP contribution in [0.1, 0.15) is 6.92 Å². The van der Waals surface area contributed by atoms with E-state index in [2.05, 4.69) is 23.5 Å². The number of para-hydroxylation sites is 1. The zero-order valence-electron chi connectivity index (χ0n) is 9.93. The Morgan fingerprint density at radius 1 is 1.00 bits per heavy atom. The van der Waals surface area contributed by atoms with Gasteiger partial charge in [0.05, 0.1) is 6.10 Å². The van der Waals surface area contributed by atoms with Gasteiger partial charge in [0.25, 0.3) is 0 Å². The molecule has 0 radical (unpaired) electrons. The summed E-state index contributed by atoms with van der Waals surface area (Å²) in [6.45, 7) is 2.34. The number of rotatable bonds is 4. The number of anilines is 1. The SMILES string of the molecule is CC(O)CNc1ccccc1-c1ccccc1. The Labute approximate surface area is 102 Å². The predicted molar refractivity (Wildman–Crippen MR) is 72.0 cm³/mol. The van der Waals surface area contributed by atoms with E-state index in [0.717, 1.165) is 11.3 Å². The lowest BCUT2D eigenvalue weighted by Crippen LogP contribution is -2.15. The van der Waals surface area contributed by atoms with Gasteiger partial charge in [0.15, 0.2) is 0 Å². The summed E-state index contributed by atoms with van der Waals surface area (Å²) in [5, 5.41) is 12.6. The smallest absolute Gasteiger partial charge is 0.0684 e. The topological polar surface area (TPSA) is 32.3 Å². The van der Waals surface area contributed by atoms with Crippen molar-refractivity contribution >= 4 is 5.69 Å². The Bertz CT molecular complexity index is 465. The van der Waals surface area contributed by atoms with E-state index >= 15 is 0 Å². The summed E-state index contributed by atoms with van der Waals surface area (Å²) in [7, 11) is 0. The molecule has 2 rings (SSSR count). The standard InChI is InChI=1S/C15H17NO/c1-12(17)11-16-15-10-6-5-9-14(15)13-7-3-2-4-8-13/h2-10,12,16-17H,11H2,1H3. The first-order valence-electron chi connectivity index (χ1n) is 5.84. The van der Waals surface area contributed by atoms with Gasteiger partial charge in [-0.15, -0.1) is 0 Å². The minimum Gasteiger partial charge on any atom is -0.392 e. The molecule has 0 aliphatic carbocycles. The van der Waals surface area contributed by atoms with Crippen molar-refractivity contribution in [3.05, 3.63) is 54.6 Å². The van der Waals surface area contributed by atoms with Gasteiger partial charge in [0.1, 0.15) is 0 Å². The molecule has 2 nitrogen and oxygen atoms in total.